The van der Waals surface area contributed by atoms with Crippen molar-refractivity contribution in [2.75, 3.05) is 38.3 Å². The van der Waals surface area contributed by atoms with Crippen molar-refractivity contribution in [1.29, 1.82) is 0 Å². The molecule has 0 bridgehead atoms. The second-order valence-corrected chi connectivity index (χ2v) is 10.8. The van der Waals surface area contributed by atoms with E-state index in [1.165, 1.54) is 7.11 Å². The number of nitrogens with one attached hydrogen (secondary N) is 1. The summed E-state index contributed by atoms with van der Waals surface area (Å²) in [6.45, 7) is 3.27. The number of hydrogen-bond acceptors (Lipinski definition) is 6. The first-order chi connectivity index (χ1) is 20.0. The highest BCUT2D eigenvalue weighted by molar-refractivity contribution is 5.97. The van der Waals surface area contributed by atoms with E-state index in [1.54, 1.807) is 9.47 Å². The van der Waals surface area contributed by atoms with Crippen LogP contribution in [-0.4, -0.2) is 70.2 Å². The van der Waals surface area contributed by atoms with Crippen LogP contribution >= 0.6 is 0 Å². The molecule has 0 radical (unpaired) electrons. The third-order valence-electron chi connectivity index (χ3n) is 8.61. The van der Waals surface area contributed by atoms with Gasteiger partial charge in [0.1, 0.15) is 5.54 Å². The zero-order chi connectivity index (χ0) is 28.4. The molecule has 2 fully saturated rings. The normalized spacial score (nSPS) is 17.8. The van der Waals surface area contributed by atoms with E-state index >= 15 is 0 Å². The number of aromatic nitrogens is 2. The number of piperidine rings is 1. The van der Waals surface area contributed by atoms with Gasteiger partial charge in [0.15, 0.2) is 6.04 Å². The number of fused-ring (bicyclic) bond motifs is 1. The average Bonchev–Trinajstić information content (AvgIpc) is 3.48. The van der Waals surface area contributed by atoms with Crippen molar-refractivity contribution in [3.8, 4) is 0 Å². The number of likely N-dealkylation sites (tertiary alicyclic amines) is 1. The Bertz CT molecular complexity index is 1570. The topological polar surface area (TPSA) is 90.9 Å². The first-order valence-corrected chi connectivity index (χ1v) is 14.2. The molecule has 1 unspecified atom stereocenters. The standard InChI is InChI=1S/C32H35N5O4/c1-41-29(38)28(24-11-4-2-5-12-24)36-23-37(25-13-6-3-7-14-25)32(30(36)39)17-21-34(22-18-32)19-10-20-35-27-16-9-8-15-26(27)33-31(35)40/h2-9,11-16,28H,10,17-23H2,1H3,(H,33,40). The number of aryl methyl sites for hydroxylation is 1. The van der Waals surface area contributed by atoms with Gasteiger partial charge in [0.05, 0.1) is 24.8 Å². The minimum absolute atomic E-state index is 0.0365. The highest BCUT2D eigenvalue weighted by atomic mass is 16.5. The van der Waals surface area contributed by atoms with Crippen LogP contribution in [0.15, 0.2) is 89.7 Å². The van der Waals surface area contributed by atoms with Gasteiger partial charge < -0.3 is 24.4 Å². The van der Waals surface area contributed by atoms with E-state index in [-0.39, 0.29) is 11.6 Å². The fraction of sp³-hybridized carbons (Fsp3) is 0.344. The number of para-hydroxylation sites is 3. The molecule has 2 aliphatic heterocycles. The first-order valence-electron chi connectivity index (χ1n) is 14.2. The third kappa shape index (κ3) is 4.91. The lowest BCUT2D eigenvalue weighted by Gasteiger charge is -2.43. The molecule has 0 aliphatic carbocycles. The van der Waals surface area contributed by atoms with Crippen molar-refractivity contribution in [2.24, 2.45) is 0 Å². The number of carbonyl (C=O) groups is 2. The molecule has 1 aromatic heterocycles. The van der Waals surface area contributed by atoms with E-state index < -0.39 is 17.6 Å². The van der Waals surface area contributed by atoms with Crippen molar-refractivity contribution in [3.05, 3.63) is 101 Å². The molecule has 6 rings (SSSR count). The molecule has 212 valence electrons. The third-order valence-corrected chi connectivity index (χ3v) is 8.61. The van der Waals surface area contributed by atoms with Crippen molar-refractivity contribution < 1.29 is 14.3 Å². The van der Waals surface area contributed by atoms with Crippen molar-refractivity contribution in [2.45, 2.75) is 37.4 Å². The van der Waals surface area contributed by atoms with Crippen molar-refractivity contribution >= 4 is 28.6 Å². The Morgan fingerprint density at radius 2 is 1.56 bits per heavy atom. The number of imidazole rings is 1. The van der Waals surface area contributed by atoms with Gasteiger partial charge in [0.2, 0.25) is 0 Å². The fourth-order valence-corrected chi connectivity index (χ4v) is 6.47. The number of methoxy groups -OCH3 is 1. The number of esters is 1. The number of benzene rings is 3. The Balaban J connectivity index is 1.20. The molecule has 1 N–H and O–H groups in total. The van der Waals surface area contributed by atoms with Crippen LogP contribution in [-0.2, 0) is 20.9 Å². The van der Waals surface area contributed by atoms with Crippen LogP contribution in [0.5, 0.6) is 0 Å². The zero-order valence-corrected chi connectivity index (χ0v) is 23.2. The quantitative estimate of drug-likeness (QED) is 0.334. The Hall–Kier alpha value is -4.37. The molecule has 3 aromatic carbocycles. The predicted octanol–water partition coefficient (Wildman–Crippen LogP) is 3.77. The monoisotopic (exact) mass is 553 g/mol. The number of anilines is 1. The summed E-state index contributed by atoms with van der Waals surface area (Å²) in [6.07, 6.45) is 2.12. The van der Waals surface area contributed by atoms with Gasteiger partial charge in [-0.25, -0.2) is 9.59 Å². The molecule has 1 spiro atoms. The maximum Gasteiger partial charge on any atom is 0.333 e. The minimum Gasteiger partial charge on any atom is -0.467 e. The average molecular weight is 554 g/mol. The molecule has 9 heteroatoms. The molecule has 1 amide bonds. The smallest absolute Gasteiger partial charge is 0.333 e. The van der Waals surface area contributed by atoms with Crippen LogP contribution in [0.25, 0.3) is 11.0 Å². The van der Waals surface area contributed by atoms with E-state index in [0.717, 1.165) is 48.3 Å². The van der Waals surface area contributed by atoms with E-state index in [1.807, 2.05) is 84.9 Å². The van der Waals surface area contributed by atoms with E-state index in [9.17, 15) is 14.4 Å². The molecule has 2 aliphatic rings. The lowest BCUT2D eigenvalue weighted by Crippen LogP contribution is -2.56. The Kier molecular flexibility index (Phi) is 7.36. The maximum absolute atomic E-state index is 14.4. The molecule has 2 saturated heterocycles. The summed E-state index contributed by atoms with van der Waals surface area (Å²) in [4.78, 5) is 49.1. The summed E-state index contributed by atoms with van der Waals surface area (Å²) in [5.41, 5.74) is 2.65. The SMILES string of the molecule is COC(=O)C(c1ccccc1)N1CN(c2ccccc2)C2(CCN(CCCn3c(=O)[nH]c4ccccc43)CC2)C1=O. The van der Waals surface area contributed by atoms with Gasteiger partial charge in [-0.2, -0.15) is 0 Å². The van der Waals surface area contributed by atoms with Gasteiger partial charge in [-0.15, -0.1) is 0 Å². The van der Waals surface area contributed by atoms with Crippen LogP contribution in [0.3, 0.4) is 0 Å². The van der Waals surface area contributed by atoms with Crippen LogP contribution in [0.2, 0.25) is 0 Å². The fourth-order valence-electron chi connectivity index (χ4n) is 6.47. The summed E-state index contributed by atoms with van der Waals surface area (Å²) in [6, 6.07) is 26.3. The second-order valence-electron chi connectivity index (χ2n) is 10.8. The summed E-state index contributed by atoms with van der Waals surface area (Å²) in [7, 11) is 1.37. The maximum atomic E-state index is 14.4. The highest BCUT2D eigenvalue weighted by Gasteiger charge is 2.56. The predicted molar refractivity (Wildman–Crippen MR) is 157 cm³/mol. The number of amides is 1. The Morgan fingerprint density at radius 1 is 0.902 bits per heavy atom. The van der Waals surface area contributed by atoms with Gasteiger partial charge >= 0.3 is 11.7 Å². The van der Waals surface area contributed by atoms with Crippen molar-refractivity contribution in [1.82, 2.24) is 19.4 Å². The Morgan fingerprint density at radius 3 is 2.27 bits per heavy atom. The second kappa shape index (κ2) is 11.2. The van der Waals surface area contributed by atoms with Crippen molar-refractivity contribution in [3.63, 3.8) is 0 Å². The van der Waals surface area contributed by atoms with Gasteiger partial charge in [0, 0.05) is 25.3 Å². The van der Waals surface area contributed by atoms with Gasteiger partial charge in [-0.3, -0.25) is 9.36 Å². The number of H-pyrrole nitrogens is 1. The Labute approximate surface area is 238 Å². The highest BCUT2D eigenvalue weighted by Crippen LogP contribution is 2.42. The molecular formula is C32H35N5O4. The lowest BCUT2D eigenvalue weighted by atomic mass is 9.85. The molecule has 0 saturated carbocycles. The number of hydrogen-bond donors (Lipinski definition) is 1. The number of rotatable bonds is 8. The summed E-state index contributed by atoms with van der Waals surface area (Å²) in [5.74, 6) is -0.481. The van der Waals surface area contributed by atoms with Crippen LogP contribution in [0.1, 0.15) is 30.9 Å². The van der Waals surface area contributed by atoms with E-state index in [4.69, 9.17) is 4.74 Å². The molecule has 4 aromatic rings. The summed E-state index contributed by atoms with van der Waals surface area (Å²) in [5, 5.41) is 0. The van der Waals surface area contributed by atoms with Gasteiger partial charge in [0.25, 0.3) is 5.91 Å². The molecule has 1 atom stereocenters. The number of carbonyl (C=O) groups excluding carboxylic acids is 2. The minimum atomic E-state index is -0.813. The lowest BCUT2D eigenvalue weighted by molar-refractivity contribution is -0.153. The zero-order valence-electron chi connectivity index (χ0n) is 23.2. The van der Waals surface area contributed by atoms with Gasteiger partial charge in [-0.05, 0) is 55.6 Å². The van der Waals surface area contributed by atoms with E-state index in [0.29, 0.717) is 26.1 Å². The number of ether oxygens (including phenoxy) is 1. The molecule has 41 heavy (non-hydrogen) atoms. The summed E-state index contributed by atoms with van der Waals surface area (Å²) >= 11 is 0. The van der Waals surface area contributed by atoms with Gasteiger partial charge in [-0.1, -0.05) is 60.7 Å². The summed E-state index contributed by atoms with van der Waals surface area (Å²) < 4.78 is 6.98. The van der Waals surface area contributed by atoms with Crippen LogP contribution in [0.4, 0.5) is 5.69 Å². The molecule has 3 heterocycles. The van der Waals surface area contributed by atoms with Crippen LogP contribution < -0.4 is 10.6 Å². The molecular weight excluding hydrogens is 518 g/mol. The molecule has 9 nitrogen and oxygen atoms in total. The largest absolute Gasteiger partial charge is 0.467 e. The van der Waals surface area contributed by atoms with Crippen LogP contribution in [0, 0.1) is 0 Å². The number of aromatic amines is 1. The number of nitrogens with zero attached hydrogens (tertiary/aromatic N) is 4. The van der Waals surface area contributed by atoms with E-state index in [2.05, 4.69) is 14.8 Å². The first kappa shape index (κ1) is 26.8.